The summed E-state index contributed by atoms with van der Waals surface area (Å²) in [7, 11) is 0. The monoisotopic (exact) mass is 439 g/mol. The molecule has 0 amide bonds. The number of nitrogens with zero attached hydrogens (tertiary/aromatic N) is 1. The average molecular weight is 440 g/mol. The van der Waals surface area contributed by atoms with Crippen molar-refractivity contribution in [2.75, 3.05) is 0 Å². The molecule has 0 saturated heterocycles. The van der Waals surface area contributed by atoms with Crippen molar-refractivity contribution >= 4 is 11.9 Å². The maximum absolute atomic E-state index is 11.7. The Morgan fingerprint density at radius 3 is 2.25 bits per heavy atom. The van der Waals surface area contributed by atoms with Gasteiger partial charge in [0.2, 0.25) is 0 Å². The second-order valence-electron chi connectivity index (χ2n) is 11.0. The lowest BCUT2D eigenvalue weighted by atomic mass is 9.43. The van der Waals surface area contributed by atoms with Crippen LogP contribution in [0.5, 0.6) is 17.2 Å². The Hall–Kier alpha value is -2.55. The molecular weight excluding hydrogens is 406 g/mol. The molecule has 2 saturated carbocycles. The van der Waals surface area contributed by atoms with Crippen molar-refractivity contribution in [1.29, 1.82) is 5.26 Å². The van der Waals surface area contributed by atoms with Gasteiger partial charge in [0.25, 0.3) is 0 Å². The van der Waals surface area contributed by atoms with Crippen molar-refractivity contribution in [1.82, 2.24) is 0 Å². The highest BCUT2D eigenvalue weighted by molar-refractivity contribution is 5.74. The molecule has 0 radical (unpaired) electrons. The number of ether oxygens (including phenoxy) is 3. The van der Waals surface area contributed by atoms with Gasteiger partial charge in [-0.3, -0.25) is 9.59 Å². The molecule has 1 heterocycles. The normalized spacial score (nSPS) is 34.6. The molecule has 0 aromatic heterocycles. The molecule has 3 aliphatic rings. The maximum atomic E-state index is 11.7. The van der Waals surface area contributed by atoms with Gasteiger partial charge in [0, 0.05) is 31.4 Å². The molecule has 6 nitrogen and oxygen atoms in total. The second-order valence-corrected chi connectivity index (χ2v) is 11.0. The lowest BCUT2D eigenvalue weighted by Crippen LogP contribution is -2.62. The van der Waals surface area contributed by atoms with Crippen molar-refractivity contribution in [3.63, 3.8) is 0 Å². The molecule has 0 spiro atoms. The molecule has 0 unspecified atom stereocenters. The molecule has 4 rings (SSSR count). The Labute approximate surface area is 190 Å². The predicted octanol–water partition coefficient (Wildman–Crippen LogP) is 5.54. The van der Waals surface area contributed by atoms with E-state index in [1.165, 1.54) is 20.3 Å². The van der Waals surface area contributed by atoms with Gasteiger partial charge in [-0.25, -0.2) is 0 Å². The third kappa shape index (κ3) is 3.46. The molecule has 1 aromatic rings. The summed E-state index contributed by atoms with van der Waals surface area (Å²) in [5, 5.41) is 10.4. The summed E-state index contributed by atoms with van der Waals surface area (Å²) >= 11 is 0. The van der Waals surface area contributed by atoms with Gasteiger partial charge in [0.05, 0.1) is 12.0 Å². The van der Waals surface area contributed by atoms with Crippen molar-refractivity contribution in [3.8, 4) is 23.3 Å². The predicted molar refractivity (Wildman–Crippen MR) is 118 cm³/mol. The number of nitriles is 1. The molecule has 0 bridgehead atoms. The van der Waals surface area contributed by atoms with Gasteiger partial charge in [-0.2, -0.15) is 5.26 Å². The molecule has 1 aromatic carbocycles. The summed E-state index contributed by atoms with van der Waals surface area (Å²) in [5.41, 5.74) is 0.384. The fourth-order valence-corrected chi connectivity index (χ4v) is 7.32. The van der Waals surface area contributed by atoms with Crippen LogP contribution in [0.1, 0.15) is 85.1 Å². The van der Waals surface area contributed by atoms with Crippen LogP contribution in [-0.2, 0) is 9.59 Å². The molecule has 2 fully saturated rings. The lowest BCUT2D eigenvalue weighted by Gasteiger charge is -2.64. The Balaban J connectivity index is 1.86. The highest BCUT2D eigenvalue weighted by atomic mass is 16.6. The first kappa shape index (κ1) is 22.6. The zero-order chi connectivity index (χ0) is 23.5. The SMILES string of the molecule is CC(=O)Oc1cc2c(cc1OC(C)=O)[C@H](C#N)[C@H]1[C@]3(C)CCCC(C)(C)[C@H]3CC[C@@]1(C)O2. The fourth-order valence-electron chi connectivity index (χ4n) is 7.32. The van der Waals surface area contributed by atoms with E-state index in [1.807, 2.05) is 0 Å². The quantitative estimate of drug-likeness (QED) is 0.444. The van der Waals surface area contributed by atoms with E-state index in [9.17, 15) is 14.9 Å². The molecule has 172 valence electrons. The van der Waals surface area contributed by atoms with E-state index in [-0.39, 0.29) is 28.2 Å². The number of benzene rings is 1. The maximum Gasteiger partial charge on any atom is 0.308 e. The standard InChI is InChI=1S/C26H33NO5/c1-15(28)30-20-12-17-18(14-27)23-25(5)10-7-9-24(3,4)22(25)8-11-26(23,6)32-19(17)13-21(20)31-16(2)29/h12-13,18,22-23H,7-11H2,1-6H3/t18-,22+,23-,25+,26+/m0/s1. The van der Waals surface area contributed by atoms with Gasteiger partial charge in [0.15, 0.2) is 11.5 Å². The van der Waals surface area contributed by atoms with Crippen LogP contribution in [0.4, 0.5) is 0 Å². The van der Waals surface area contributed by atoms with E-state index in [2.05, 4.69) is 33.8 Å². The largest absolute Gasteiger partial charge is 0.487 e. The topological polar surface area (TPSA) is 85.6 Å². The Kier molecular flexibility index (Phi) is 5.31. The zero-order valence-electron chi connectivity index (χ0n) is 19.9. The van der Waals surface area contributed by atoms with E-state index in [0.29, 0.717) is 17.2 Å². The summed E-state index contributed by atoms with van der Waals surface area (Å²) in [5.74, 6) is -0.138. The minimum Gasteiger partial charge on any atom is -0.487 e. The summed E-state index contributed by atoms with van der Waals surface area (Å²) in [6, 6.07) is 5.84. The summed E-state index contributed by atoms with van der Waals surface area (Å²) in [6.07, 6.45) is 5.34. The minimum atomic E-state index is -0.521. The van der Waals surface area contributed by atoms with Crippen LogP contribution >= 0.6 is 0 Å². The number of rotatable bonds is 2. The molecule has 1 aliphatic heterocycles. The highest BCUT2D eigenvalue weighted by Crippen LogP contribution is 2.67. The zero-order valence-corrected chi connectivity index (χ0v) is 19.9. The smallest absolute Gasteiger partial charge is 0.308 e. The average Bonchev–Trinajstić information content (AvgIpc) is 2.65. The Morgan fingerprint density at radius 2 is 1.66 bits per heavy atom. The van der Waals surface area contributed by atoms with Gasteiger partial charge >= 0.3 is 11.9 Å². The van der Waals surface area contributed by atoms with E-state index in [4.69, 9.17) is 14.2 Å². The van der Waals surface area contributed by atoms with Crippen LogP contribution in [0.2, 0.25) is 0 Å². The number of hydrogen-bond acceptors (Lipinski definition) is 6. The van der Waals surface area contributed by atoms with Gasteiger partial charge in [0.1, 0.15) is 11.4 Å². The van der Waals surface area contributed by atoms with Crippen molar-refractivity contribution < 1.29 is 23.8 Å². The first-order valence-corrected chi connectivity index (χ1v) is 11.5. The van der Waals surface area contributed by atoms with E-state index >= 15 is 0 Å². The van der Waals surface area contributed by atoms with Crippen LogP contribution < -0.4 is 14.2 Å². The molecule has 32 heavy (non-hydrogen) atoms. The highest BCUT2D eigenvalue weighted by Gasteiger charge is 2.63. The van der Waals surface area contributed by atoms with Crippen LogP contribution in [0, 0.1) is 34.0 Å². The number of fused-ring (bicyclic) bond motifs is 4. The van der Waals surface area contributed by atoms with Crippen LogP contribution in [0.3, 0.4) is 0 Å². The minimum absolute atomic E-state index is 0.00979. The van der Waals surface area contributed by atoms with Gasteiger partial charge in [-0.1, -0.05) is 27.2 Å². The van der Waals surface area contributed by atoms with E-state index in [0.717, 1.165) is 25.7 Å². The van der Waals surface area contributed by atoms with Crippen molar-refractivity contribution in [3.05, 3.63) is 17.7 Å². The third-order valence-electron chi connectivity index (χ3n) is 8.31. The molecule has 0 N–H and O–H groups in total. The fraction of sp³-hybridized carbons (Fsp3) is 0.654. The molecule has 2 aliphatic carbocycles. The third-order valence-corrected chi connectivity index (χ3v) is 8.31. The molecule has 5 atom stereocenters. The summed E-state index contributed by atoms with van der Waals surface area (Å²) < 4.78 is 17.3. The van der Waals surface area contributed by atoms with Crippen LogP contribution in [-0.4, -0.2) is 17.5 Å². The van der Waals surface area contributed by atoms with Crippen LogP contribution in [0.25, 0.3) is 0 Å². The second kappa shape index (κ2) is 7.50. The number of carbonyl (C=O) groups is 2. The molecular formula is C26H33NO5. The van der Waals surface area contributed by atoms with E-state index < -0.39 is 23.5 Å². The van der Waals surface area contributed by atoms with E-state index in [1.54, 1.807) is 12.1 Å². The Bertz CT molecular complexity index is 1010. The Morgan fingerprint density at radius 1 is 1.03 bits per heavy atom. The number of carbonyl (C=O) groups excluding carboxylic acids is 2. The van der Waals surface area contributed by atoms with Crippen LogP contribution in [0.15, 0.2) is 12.1 Å². The van der Waals surface area contributed by atoms with Gasteiger partial charge in [-0.05, 0) is 55.4 Å². The lowest BCUT2D eigenvalue weighted by molar-refractivity contribution is -0.167. The van der Waals surface area contributed by atoms with Gasteiger partial charge in [-0.15, -0.1) is 0 Å². The van der Waals surface area contributed by atoms with Gasteiger partial charge < -0.3 is 14.2 Å². The first-order chi connectivity index (χ1) is 14.9. The summed E-state index contributed by atoms with van der Waals surface area (Å²) in [6.45, 7) is 11.8. The van der Waals surface area contributed by atoms with Crippen molar-refractivity contribution in [2.24, 2.45) is 22.7 Å². The first-order valence-electron chi connectivity index (χ1n) is 11.5. The molecule has 6 heteroatoms. The summed E-state index contributed by atoms with van der Waals surface area (Å²) in [4.78, 5) is 23.3. The number of hydrogen-bond donors (Lipinski definition) is 0. The van der Waals surface area contributed by atoms with Crippen molar-refractivity contribution in [2.45, 2.75) is 85.2 Å². The number of esters is 2.